The van der Waals surface area contributed by atoms with Gasteiger partial charge < -0.3 is 14.2 Å². The van der Waals surface area contributed by atoms with E-state index in [0.29, 0.717) is 12.0 Å². The molecule has 12 heteroatoms. The van der Waals surface area contributed by atoms with Crippen molar-refractivity contribution < 1.29 is 40.1 Å². The van der Waals surface area contributed by atoms with E-state index < -0.39 is 46.0 Å². The quantitative estimate of drug-likeness (QED) is 0.454. The Balaban J connectivity index is 1.53. The number of carbonyl (C=O) groups is 2. The summed E-state index contributed by atoms with van der Waals surface area (Å²) >= 11 is 0. The third-order valence-corrected chi connectivity index (χ3v) is 6.90. The number of fused-ring (bicyclic) bond motifs is 1. The van der Waals surface area contributed by atoms with Crippen LogP contribution in [0.25, 0.3) is 0 Å². The highest BCUT2D eigenvalue weighted by Crippen LogP contribution is 2.32. The Labute approximate surface area is 205 Å². The number of nitrogens with one attached hydrogen (secondary N) is 1. The highest BCUT2D eigenvalue weighted by atomic mass is 32.2. The minimum atomic E-state index is -5.98. The molecular formula is C24H23F3N2O6S. The largest absolute Gasteiger partial charge is 0.534 e. The van der Waals surface area contributed by atoms with E-state index in [1.807, 2.05) is 24.3 Å². The highest BCUT2D eigenvalue weighted by molar-refractivity contribution is 7.87. The van der Waals surface area contributed by atoms with Gasteiger partial charge in [0.05, 0.1) is 12.6 Å². The fraction of sp³-hybridized carbons (Fsp3) is 0.333. The molecule has 1 N–H and O–H groups in total. The Morgan fingerprint density at radius 2 is 1.75 bits per heavy atom. The predicted molar refractivity (Wildman–Crippen MR) is 122 cm³/mol. The minimum absolute atomic E-state index is 0.155. The van der Waals surface area contributed by atoms with Gasteiger partial charge in [0, 0.05) is 0 Å². The van der Waals surface area contributed by atoms with Crippen LogP contribution in [0.3, 0.4) is 0 Å². The maximum atomic E-state index is 13.2. The first-order valence-corrected chi connectivity index (χ1v) is 12.5. The van der Waals surface area contributed by atoms with Crippen molar-refractivity contribution in [1.82, 2.24) is 10.2 Å². The first-order valence-electron chi connectivity index (χ1n) is 11.1. The Morgan fingerprint density at radius 3 is 2.47 bits per heavy atom. The highest BCUT2D eigenvalue weighted by Gasteiger charge is 2.50. The van der Waals surface area contributed by atoms with Gasteiger partial charge in [-0.05, 0) is 42.0 Å². The molecule has 2 amide bonds. The molecule has 2 aromatic carbocycles. The molecule has 0 bridgehead atoms. The summed E-state index contributed by atoms with van der Waals surface area (Å²) in [6.45, 7) is -0.847. The zero-order valence-corrected chi connectivity index (χ0v) is 19.7. The Kier molecular flexibility index (Phi) is 7.25. The van der Waals surface area contributed by atoms with Crippen LogP contribution in [0.4, 0.5) is 18.0 Å². The number of benzene rings is 2. The first-order chi connectivity index (χ1) is 17.0. The van der Waals surface area contributed by atoms with Crippen molar-refractivity contribution in [3.8, 4) is 0 Å². The van der Waals surface area contributed by atoms with Crippen molar-refractivity contribution in [3.63, 3.8) is 0 Å². The van der Waals surface area contributed by atoms with Crippen LogP contribution in [-0.4, -0.2) is 43.4 Å². The van der Waals surface area contributed by atoms with Crippen LogP contribution < -0.4 is 5.32 Å². The molecule has 0 aromatic heterocycles. The number of nitrogens with zero attached hydrogens (tertiary/aromatic N) is 1. The minimum Gasteiger partial charge on any atom is -0.445 e. The summed E-state index contributed by atoms with van der Waals surface area (Å²) in [6.07, 6.45) is 2.16. The fourth-order valence-corrected chi connectivity index (χ4v) is 4.67. The summed E-state index contributed by atoms with van der Waals surface area (Å²) in [7, 11) is -5.98. The van der Waals surface area contributed by atoms with Gasteiger partial charge in [0.2, 0.25) is 5.91 Å². The van der Waals surface area contributed by atoms with Crippen LogP contribution in [0.2, 0.25) is 0 Å². The lowest BCUT2D eigenvalue weighted by Gasteiger charge is -2.29. The third-order valence-electron chi connectivity index (χ3n) is 5.90. The van der Waals surface area contributed by atoms with E-state index >= 15 is 0 Å². The maximum absolute atomic E-state index is 13.2. The third kappa shape index (κ3) is 5.64. The standard InChI is InChI=1S/C24H23F3N2O6S/c25-24(26,27)36(32,33)35-18-13-21(29(14-18)23(31)34-15-16-7-2-1-3-8-16)22(30)28-20-12-6-10-17-9-4-5-11-19(17)20/h1-5,7-9,11,13,20-21H,6,10,12,14-15H2,(H,28,30)/t20-,21+/m1/s1. The SMILES string of the molecule is O=C(N[C@@H]1CCCc2ccccc21)[C@@H]1C=C(OS(=O)(=O)C(F)(F)F)CN1C(=O)OCc1ccccc1. The second-order valence-corrected chi connectivity index (χ2v) is 9.92. The summed E-state index contributed by atoms with van der Waals surface area (Å²) in [6, 6.07) is 14.4. The monoisotopic (exact) mass is 524 g/mol. The van der Waals surface area contributed by atoms with Gasteiger partial charge in [-0.15, -0.1) is 0 Å². The average Bonchev–Trinajstić information content (AvgIpc) is 3.26. The molecule has 0 saturated carbocycles. The van der Waals surface area contributed by atoms with Gasteiger partial charge in [-0.2, -0.15) is 21.6 Å². The van der Waals surface area contributed by atoms with Crippen molar-refractivity contribution in [2.45, 2.75) is 43.5 Å². The molecule has 2 aromatic rings. The molecule has 2 aliphatic rings. The summed E-state index contributed by atoms with van der Waals surface area (Å²) in [4.78, 5) is 26.8. The van der Waals surface area contributed by atoms with Crippen LogP contribution in [0.1, 0.15) is 35.6 Å². The van der Waals surface area contributed by atoms with Gasteiger partial charge in [-0.1, -0.05) is 54.6 Å². The van der Waals surface area contributed by atoms with Crippen LogP contribution >= 0.6 is 0 Å². The molecule has 0 spiro atoms. The number of amides is 2. The number of alkyl halides is 3. The molecule has 8 nitrogen and oxygen atoms in total. The molecule has 2 atom stereocenters. The lowest BCUT2D eigenvalue weighted by Crippen LogP contribution is -2.47. The van der Waals surface area contributed by atoms with Crippen LogP contribution in [-0.2, 0) is 36.9 Å². The Bertz CT molecular complexity index is 1260. The van der Waals surface area contributed by atoms with E-state index in [1.54, 1.807) is 30.3 Å². The normalized spacial score (nSPS) is 19.8. The van der Waals surface area contributed by atoms with Crippen molar-refractivity contribution in [1.29, 1.82) is 0 Å². The van der Waals surface area contributed by atoms with Crippen molar-refractivity contribution in [2.75, 3.05) is 6.54 Å². The summed E-state index contributed by atoms with van der Waals surface area (Å²) < 4.78 is 70.9. The van der Waals surface area contributed by atoms with E-state index in [9.17, 15) is 31.2 Å². The molecular weight excluding hydrogens is 501 g/mol. The van der Waals surface area contributed by atoms with E-state index in [2.05, 4.69) is 9.50 Å². The van der Waals surface area contributed by atoms with Gasteiger partial charge in [-0.25, -0.2) is 4.79 Å². The molecule has 0 fully saturated rings. The van der Waals surface area contributed by atoms with Gasteiger partial charge in [-0.3, -0.25) is 9.69 Å². The fourth-order valence-electron chi connectivity index (χ4n) is 4.19. The molecule has 1 aliphatic heterocycles. The van der Waals surface area contributed by atoms with Gasteiger partial charge in [0.15, 0.2) is 0 Å². The van der Waals surface area contributed by atoms with Gasteiger partial charge in [0.25, 0.3) is 0 Å². The number of carbonyl (C=O) groups excluding carboxylic acids is 2. The van der Waals surface area contributed by atoms with E-state index in [4.69, 9.17) is 4.74 Å². The van der Waals surface area contributed by atoms with Crippen molar-refractivity contribution >= 4 is 22.1 Å². The van der Waals surface area contributed by atoms with Crippen molar-refractivity contribution in [3.05, 3.63) is 83.1 Å². The molecule has 192 valence electrons. The first kappa shape index (κ1) is 25.5. The smallest absolute Gasteiger partial charge is 0.445 e. The number of halogens is 3. The maximum Gasteiger partial charge on any atom is 0.534 e. The molecule has 1 heterocycles. The second-order valence-electron chi connectivity index (χ2n) is 8.38. The number of rotatable bonds is 6. The van der Waals surface area contributed by atoms with Gasteiger partial charge >= 0.3 is 21.7 Å². The number of ether oxygens (including phenoxy) is 1. The number of aryl methyl sites for hydroxylation is 1. The second kappa shape index (κ2) is 10.2. The Hall–Kier alpha value is -3.54. The molecule has 36 heavy (non-hydrogen) atoms. The molecule has 0 unspecified atom stereocenters. The summed E-state index contributed by atoms with van der Waals surface area (Å²) in [5, 5.41) is 2.83. The number of hydrogen-bond acceptors (Lipinski definition) is 6. The van der Waals surface area contributed by atoms with E-state index in [-0.39, 0.29) is 12.6 Å². The van der Waals surface area contributed by atoms with Crippen LogP contribution in [0, 0.1) is 0 Å². The zero-order valence-electron chi connectivity index (χ0n) is 18.9. The molecule has 0 saturated heterocycles. The number of hydrogen-bond donors (Lipinski definition) is 1. The molecule has 1 aliphatic carbocycles. The summed E-state index contributed by atoms with van der Waals surface area (Å²) in [5.41, 5.74) is -3.05. The molecule has 4 rings (SSSR count). The van der Waals surface area contributed by atoms with Crippen molar-refractivity contribution in [2.24, 2.45) is 0 Å². The van der Waals surface area contributed by atoms with Crippen LogP contribution in [0.5, 0.6) is 0 Å². The van der Waals surface area contributed by atoms with E-state index in [0.717, 1.165) is 34.9 Å². The van der Waals surface area contributed by atoms with E-state index in [1.165, 1.54) is 0 Å². The average molecular weight is 525 g/mol. The van der Waals surface area contributed by atoms with Crippen LogP contribution in [0.15, 0.2) is 66.4 Å². The predicted octanol–water partition coefficient (Wildman–Crippen LogP) is 3.95. The Morgan fingerprint density at radius 1 is 1.06 bits per heavy atom. The summed E-state index contributed by atoms with van der Waals surface area (Å²) in [5.74, 6) is -1.40. The molecule has 0 radical (unpaired) electrons. The lowest BCUT2D eigenvalue weighted by molar-refractivity contribution is -0.125. The topological polar surface area (TPSA) is 102 Å². The van der Waals surface area contributed by atoms with Gasteiger partial charge in [0.1, 0.15) is 18.4 Å². The zero-order chi connectivity index (χ0) is 25.9. The lowest BCUT2D eigenvalue weighted by atomic mass is 9.87.